The molecule has 0 aliphatic heterocycles. The second-order valence-electron chi connectivity index (χ2n) is 7.61. The molecular weight excluding hydrogens is 418 g/mol. The molecule has 0 saturated heterocycles. The van der Waals surface area contributed by atoms with E-state index in [1.807, 2.05) is 19.9 Å². The third-order valence-electron chi connectivity index (χ3n) is 5.41. The standard InChI is InChI=1S/C22H31N3O5S/c1-14-11-15(2)18(5)22(17(14)4)31(28,29)24-8-7-20(26)23-9-10-25-16(3)12-19(30-6)13-21(25)27/h11-13,24H,7-10H2,1-6H3,(H,23,26). The van der Waals surface area contributed by atoms with E-state index in [1.54, 1.807) is 26.8 Å². The summed E-state index contributed by atoms with van der Waals surface area (Å²) in [6.45, 7) is 9.67. The molecule has 2 aromatic rings. The minimum absolute atomic E-state index is 0.00137. The van der Waals surface area contributed by atoms with Gasteiger partial charge in [0.05, 0.1) is 12.0 Å². The fourth-order valence-electron chi connectivity index (χ4n) is 3.45. The molecule has 9 heteroatoms. The summed E-state index contributed by atoms with van der Waals surface area (Å²) in [6.07, 6.45) is -0.00137. The van der Waals surface area contributed by atoms with Gasteiger partial charge in [-0.1, -0.05) is 6.07 Å². The molecule has 170 valence electrons. The van der Waals surface area contributed by atoms with Gasteiger partial charge in [0.25, 0.3) is 5.56 Å². The topological polar surface area (TPSA) is 106 Å². The van der Waals surface area contributed by atoms with E-state index in [-0.39, 0.29) is 35.9 Å². The number of sulfonamides is 1. The number of hydrogen-bond acceptors (Lipinski definition) is 5. The first-order valence-electron chi connectivity index (χ1n) is 10.1. The third-order valence-corrected chi connectivity index (χ3v) is 7.15. The van der Waals surface area contributed by atoms with Crippen molar-refractivity contribution in [3.05, 3.63) is 56.5 Å². The second kappa shape index (κ2) is 10.1. The number of benzene rings is 1. The minimum Gasteiger partial charge on any atom is -0.496 e. The molecule has 31 heavy (non-hydrogen) atoms. The van der Waals surface area contributed by atoms with E-state index >= 15 is 0 Å². The summed E-state index contributed by atoms with van der Waals surface area (Å²) >= 11 is 0. The van der Waals surface area contributed by atoms with Crippen LogP contribution < -0.4 is 20.3 Å². The summed E-state index contributed by atoms with van der Waals surface area (Å²) < 4.78 is 34.7. The molecular formula is C22H31N3O5S. The Balaban J connectivity index is 1.91. The highest BCUT2D eigenvalue weighted by Crippen LogP contribution is 2.25. The highest BCUT2D eigenvalue weighted by Gasteiger charge is 2.21. The molecule has 0 aliphatic rings. The molecule has 0 radical (unpaired) electrons. The Morgan fingerprint density at radius 3 is 2.16 bits per heavy atom. The van der Waals surface area contributed by atoms with Crippen LogP contribution in [-0.2, 0) is 21.4 Å². The van der Waals surface area contributed by atoms with E-state index in [1.165, 1.54) is 17.7 Å². The van der Waals surface area contributed by atoms with Gasteiger partial charge in [0, 0.05) is 37.8 Å². The predicted octanol–water partition coefficient (Wildman–Crippen LogP) is 1.88. The predicted molar refractivity (Wildman–Crippen MR) is 120 cm³/mol. The Kier molecular flexibility index (Phi) is 8.02. The first-order valence-corrected chi connectivity index (χ1v) is 11.6. The quantitative estimate of drug-likeness (QED) is 0.608. The van der Waals surface area contributed by atoms with Crippen molar-refractivity contribution in [1.82, 2.24) is 14.6 Å². The van der Waals surface area contributed by atoms with Crippen LogP contribution in [0.5, 0.6) is 5.75 Å². The lowest BCUT2D eigenvalue weighted by Crippen LogP contribution is -2.34. The van der Waals surface area contributed by atoms with Gasteiger partial charge in [0.15, 0.2) is 0 Å². The van der Waals surface area contributed by atoms with Crippen molar-refractivity contribution in [1.29, 1.82) is 0 Å². The summed E-state index contributed by atoms with van der Waals surface area (Å²) in [4.78, 5) is 24.5. The van der Waals surface area contributed by atoms with Crippen LogP contribution >= 0.6 is 0 Å². The van der Waals surface area contributed by atoms with Gasteiger partial charge in [-0.15, -0.1) is 0 Å². The average molecular weight is 450 g/mol. The van der Waals surface area contributed by atoms with Crippen molar-refractivity contribution in [3.8, 4) is 5.75 Å². The highest BCUT2D eigenvalue weighted by molar-refractivity contribution is 7.89. The molecule has 8 nitrogen and oxygen atoms in total. The molecule has 1 amide bonds. The van der Waals surface area contributed by atoms with Crippen LogP contribution in [0.25, 0.3) is 0 Å². The molecule has 0 aliphatic carbocycles. The highest BCUT2D eigenvalue weighted by atomic mass is 32.2. The molecule has 0 unspecified atom stereocenters. The maximum Gasteiger partial charge on any atom is 0.254 e. The van der Waals surface area contributed by atoms with E-state index in [0.717, 1.165) is 16.8 Å². The van der Waals surface area contributed by atoms with Gasteiger partial charge in [-0.25, -0.2) is 13.1 Å². The van der Waals surface area contributed by atoms with Crippen molar-refractivity contribution in [2.45, 2.75) is 52.5 Å². The molecule has 2 N–H and O–H groups in total. The summed E-state index contributed by atoms with van der Waals surface area (Å²) in [5.74, 6) is 0.195. The van der Waals surface area contributed by atoms with Gasteiger partial charge in [0.1, 0.15) is 5.75 Å². The van der Waals surface area contributed by atoms with Crippen LogP contribution in [-0.4, -0.2) is 39.1 Å². The van der Waals surface area contributed by atoms with Crippen molar-refractivity contribution >= 4 is 15.9 Å². The molecule has 0 bridgehead atoms. The number of aryl methyl sites for hydroxylation is 3. The summed E-state index contributed by atoms with van der Waals surface area (Å²) in [5.41, 5.74) is 3.75. The summed E-state index contributed by atoms with van der Waals surface area (Å²) in [5, 5.41) is 2.72. The van der Waals surface area contributed by atoms with Gasteiger partial charge in [-0.3, -0.25) is 9.59 Å². The zero-order valence-electron chi connectivity index (χ0n) is 19.0. The van der Waals surface area contributed by atoms with Crippen LogP contribution in [0, 0.1) is 34.6 Å². The zero-order chi connectivity index (χ0) is 23.3. The molecule has 2 rings (SSSR count). The fraction of sp³-hybridized carbons (Fsp3) is 0.455. The van der Waals surface area contributed by atoms with E-state index < -0.39 is 10.0 Å². The average Bonchev–Trinajstić information content (AvgIpc) is 2.68. The largest absolute Gasteiger partial charge is 0.496 e. The monoisotopic (exact) mass is 449 g/mol. The fourth-order valence-corrected chi connectivity index (χ4v) is 5.10. The number of rotatable bonds is 9. The second-order valence-corrected chi connectivity index (χ2v) is 9.32. The number of nitrogens with one attached hydrogen (secondary N) is 2. The Morgan fingerprint density at radius 1 is 1.00 bits per heavy atom. The van der Waals surface area contributed by atoms with Gasteiger partial charge in [0.2, 0.25) is 15.9 Å². The third kappa shape index (κ3) is 5.95. The van der Waals surface area contributed by atoms with E-state index in [4.69, 9.17) is 4.74 Å². The van der Waals surface area contributed by atoms with Crippen molar-refractivity contribution in [2.75, 3.05) is 20.2 Å². The molecule has 0 saturated carbocycles. The first kappa shape index (κ1) is 24.6. The van der Waals surface area contributed by atoms with Crippen LogP contribution in [0.2, 0.25) is 0 Å². The Bertz CT molecular complexity index is 1110. The van der Waals surface area contributed by atoms with Gasteiger partial charge in [-0.2, -0.15) is 0 Å². The summed E-state index contributed by atoms with van der Waals surface area (Å²) in [6, 6.07) is 5.10. The van der Waals surface area contributed by atoms with Gasteiger partial charge in [-0.05, 0) is 62.9 Å². The van der Waals surface area contributed by atoms with Gasteiger partial charge < -0.3 is 14.6 Å². The van der Waals surface area contributed by atoms with Crippen molar-refractivity contribution in [3.63, 3.8) is 0 Å². The number of carbonyl (C=O) groups excluding carboxylic acids is 1. The molecule has 0 atom stereocenters. The first-order chi connectivity index (χ1) is 14.5. The lowest BCUT2D eigenvalue weighted by Gasteiger charge is -2.16. The van der Waals surface area contributed by atoms with Crippen LogP contribution in [0.15, 0.2) is 27.9 Å². The molecule has 0 spiro atoms. The number of methoxy groups -OCH3 is 1. The number of pyridine rings is 1. The maximum absolute atomic E-state index is 12.8. The zero-order valence-corrected chi connectivity index (χ0v) is 19.8. The Labute approximate surface area is 183 Å². The number of ether oxygens (including phenoxy) is 1. The van der Waals surface area contributed by atoms with Crippen molar-refractivity contribution < 1.29 is 17.9 Å². The lowest BCUT2D eigenvalue weighted by atomic mass is 10.0. The number of aromatic nitrogens is 1. The maximum atomic E-state index is 12.8. The Morgan fingerprint density at radius 2 is 1.61 bits per heavy atom. The smallest absolute Gasteiger partial charge is 0.254 e. The van der Waals surface area contributed by atoms with Crippen LogP contribution in [0.4, 0.5) is 0 Å². The molecule has 1 aromatic heterocycles. The number of amides is 1. The van der Waals surface area contributed by atoms with Gasteiger partial charge >= 0.3 is 0 Å². The van der Waals surface area contributed by atoms with E-state index in [9.17, 15) is 18.0 Å². The SMILES string of the molecule is COc1cc(C)n(CCNC(=O)CCNS(=O)(=O)c2c(C)c(C)cc(C)c2C)c(=O)c1. The molecule has 0 fully saturated rings. The normalized spacial score (nSPS) is 11.4. The molecule has 1 heterocycles. The van der Waals surface area contributed by atoms with E-state index in [2.05, 4.69) is 10.0 Å². The minimum atomic E-state index is -3.73. The number of nitrogens with zero attached hydrogens (tertiary/aromatic N) is 1. The summed E-state index contributed by atoms with van der Waals surface area (Å²) in [7, 11) is -2.24. The number of carbonyl (C=O) groups is 1. The van der Waals surface area contributed by atoms with Crippen LogP contribution in [0.1, 0.15) is 34.4 Å². The van der Waals surface area contributed by atoms with E-state index in [0.29, 0.717) is 23.4 Å². The lowest BCUT2D eigenvalue weighted by molar-refractivity contribution is -0.120. The van der Waals surface area contributed by atoms with Crippen LogP contribution in [0.3, 0.4) is 0 Å². The van der Waals surface area contributed by atoms with Crippen molar-refractivity contribution in [2.24, 2.45) is 0 Å². The Hall–Kier alpha value is -2.65. The number of hydrogen-bond donors (Lipinski definition) is 2. The molecule has 1 aromatic carbocycles.